The highest BCUT2D eigenvalue weighted by Crippen LogP contribution is 2.19. The van der Waals surface area contributed by atoms with E-state index in [1.807, 2.05) is 0 Å². The van der Waals surface area contributed by atoms with Crippen LogP contribution in [-0.2, 0) is 23.1 Å². The van der Waals surface area contributed by atoms with Gasteiger partial charge in [0.25, 0.3) is 0 Å². The summed E-state index contributed by atoms with van der Waals surface area (Å²) in [6, 6.07) is 13.0. The van der Waals surface area contributed by atoms with Crippen LogP contribution < -0.4 is 20.1 Å². The Bertz CT molecular complexity index is 927. The maximum Gasteiger partial charge on any atom is 0.387 e. The molecule has 2 aromatic carbocycles. The molecule has 0 fully saturated rings. The standard InChI is InChI=1S/C18H22F2N4O3S.HI/c1-21-18(24-12-14-7-3-4-9-16(14)27-17(19)20)23-11-13-6-5-8-15(10-13)28(25,26)22-2;/h3-10,17,22H,11-12H2,1-2H3,(H2,21,23,24);1H. The van der Waals surface area contributed by atoms with Gasteiger partial charge in [0.1, 0.15) is 5.75 Å². The number of ether oxygens (including phenoxy) is 1. The van der Waals surface area contributed by atoms with Gasteiger partial charge in [0.2, 0.25) is 10.0 Å². The van der Waals surface area contributed by atoms with E-state index in [-0.39, 0.29) is 41.2 Å². The van der Waals surface area contributed by atoms with Gasteiger partial charge in [0.05, 0.1) is 4.90 Å². The van der Waals surface area contributed by atoms with E-state index in [4.69, 9.17) is 0 Å². The number of alkyl halides is 2. The first-order valence-corrected chi connectivity index (χ1v) is 9.83. The molecule has 0 aliphatic rings. The van der Waals surface area contributed by atoms with Crippen molar-refractivity contribution in [1.29, 1.82) is 0 Å². The van der Waals surface area contributed by atoms with Crippen molar-refractivity contribution >= 4 is 40.0 Å². The number of hydrogen-bond donors (Lipinski definition) is 3. The molecule has 7 nitrogen and oxygen atoms in total. The quantitative estimate of drug-likeness (QED) is 0.272. The molecule has 0 aromatic heterocycles. The summed E-state index contributed by atoms with van der Waals surface area (Å²) >= 11 is 0. The number of halogens is 3. The number of sulfonamides is 1. The molecule has 0 spiro atoms. The molecule has 0 heterocycles. The van der Waals surface area contributed by atoms with Crippen molar-refractivity contribution in [2.75, 3.05) is 14.1 Å². The van der Waals surface area contributed by atoms with Crippen molar-refractivity contribution in [3.8, 4) is 5.75 Å². The Labute approximate surface area is 186 Å². The molecule has 2 aromatic rings. The largest absolute Gasteiger partial charge is 0.434 e. The van der Waals surface area contributed by atoms with Crippen LogP contribution in [0, 0.1) is 0 Å². The Morgan fingerprint density at radius 3 is 2.45 bits per heavy atom. The molecule has 0 bridgehead atoms. The lowest BCUT2D eigenvalue weighted by atomic mass is 10.2. The Balaban J connectivity index is 0.00000420. The van der Waals surface area contributed by atoms with Crippen LogP contribution in [0.25, 0.3) is 0 Å². The maximum absolute atomic E-state index is 12.5. The van der Waals surface area contributed by atoms with Crippen molar-refractivity contribution < 1.29 is 21.9 Å². The van der Waals surface area contributed by atoms with Gasteiger partial charge >= 0.3 is 6.61 Å². The first-order chi connectivity index (χ1) is 13.4. The first kappa shape index (κ1) is 25.0. The van der Waals surface area contributed by atoms with Gasteiger partial charge in [-0.1, -0.05) is 30.3 Å². The van der Waals surface area contributed by atoms with Crippen LogP contribution in [0.1, 0.15) is 11.1 Å². The summed E-state index contributed by atoms with van der Waals surface area (Å²) in [7, 11) is -0.608. The van der Waals surface area contributed by atoms with Crippen molar-refractivity contribution in [2.45, 2.75) is 24.6 Å². The van der Waals surface area contributed by atoms with Gasteiger partial charge in [0.15, 0.2) is 5.96 Å². The Kier molecular flexibility index (Phi) is 10.3. The molecule has 11 heteroatoms. The third-order valence-electron chi connectivity index (χ3n) is 3.80. The third-order valence-corrected chi connectivity index (χ3v) is 5.21. The number of nitrogens with one attached hydrogen (secondary N) is 3. The molecular formula is C18H23F2IN4O3S. The van der Waals surface area contributed by atoms with Gasteiger partial charge in [0, 0.05) is 25.7 Å². The fourth-order valence-corrected chi connectivity index (χ4v) is 3.19. The van der Waals surface area contributed by atoms with E-state index in [1.165, 1.54) is 19.2 Å². The average molecular weight is 540 g/mol. The molecule has 2 rings (SSSR count). The Morgan fingerprint density at radius 2 is 1.79 bits per heavy atom. The van der Waals surface area contributed by atoms with Crippen molar-refractivity contribution in [2.24, 2.45) is 4.99 Å². The first-order valence-electron chi connectivity index (χ1n) is 8.35. The van der Waals surface area contributed by atoms with E-state index >= 15 is 0 Å². The minimum Gasteiger partial charge on any atom is -0.434 e. The Morgan fingerprint density at radius 1 is 1.10 bits per heavy atom. The fourth-order valence-electron chi connectivity index (χ4n) is 2.39. The van der Waals surface area contributed by atoms with E-state index in [0.717, 1.165) is 5.56 Å². The van der Waals surface area contributed by atoms with Crippen LogP contribution in [0.4, 0.5) is 8.78 Å². The van der Waals surface area contributed by atoms with Gasteiger partial charge in [-0.15, -0.1) is 24.0 Å². The van der Waals surface area contributed by atoms with Gasteiger partial charge in [-0.3, -0.25) is 4.99 Å². The molecule has 0 saturated carbocycles. The monoisotopic (exact) mass is 540 g/mol. The lowest BCUT2D eigenvalue weighted by Crippen LogP contribution is -2.36. The van der Waals surface area contributed by atoms with Crippen LogP contribution in [0.3, 0.4) is 0 Å². The second-order valence-corrected chi connectivity index (χ2v) is 7.51. The predicted octanol–water partition coefficient (Wildman–Crippen LogP) is 2.68. The number of nitrogens with zero attached hydrogens (tertiary/aromatic N) is 1. The number of guanidine groups is 1. The van der Waals surface area contributed by atoms with E-state index in [1.54, 1.807) is 43.4 Å². The molecule has 0 aliphatic heterocycles. The summed E-state index contributed by atoms with van der Waals surface area (Å²) in [6.07, 6.45) is 0. The van der Waals surface area contributed by atoms with Gasteiger partial charge in [-0.25, -0.2) is 13.1 Å². The number of hydrogen-bond acceptors (Lipinski definition) is 4. The van der Waals surface area contributed by atoms with Crippen LogP contribution >= 0.6 is 24.0 Å². The summed E-state index contributed by atoms with van der Waals surface area (Å²) in [5.74, 6) is 0.513. The highest BCUT2D eigenvalue weighted by molar-refractivity contribution is 14.0. The lowest BCUT2D eigenvalue weighted by Gasteiger charge is -2.15. The maximum atomic E-state index is 12.5. The summed E-state index contributed by atoms with van der Waals surface area (Å²) in [4.78, 5) is 4.23. The van der Waals surface area contributed by atoms with Gasteiger partial charge in [-0.05, 0) is 30.8 Å². The van der Waals surface area contributed by atoms with Crippen LogP contribution in [0.5, 0.6) is 5.75 Å². The SMILES string of the molecule is CN=C(NCc1cccc(S(=O)(=O)NC)c1)NCc1ccccc1OC(F)F.I. The number of para-hydroxylation sites is 1. The molecule has 0 aliphatic carbocycles. The summed E-state index contributed by atoms with van der Waals surface area (Å²) in [6.45, 7) is -2.36. The molecule has 0 saturated heterocycles. The zero-order chi connectivity index (χ0) is 20.6. The zero-order valence-electron chi connectivity index (χ0n) is 15.9. The molecular weight excluding hydrogens is 517 g/mol. The van der Waals surface area contributed by atoms with Crippen LogP contribution in [0.15, 0.2) is 58.4 Å². The third kappa shape index (κ3) is 7.74. The molecule has 0 atom stereocenters. The van der Waals surface area contributed by atoms with Crippen molar-refractivity contribution in [3.05, 3.63) is 59.7 Å². The second-order valence-electron chi connectivity index (χ2n) is 5.62. The average Bonchev–Trinajstić information content (AvgIpc) is 2.69. The topological polar surface area (TPSA) is 91.8 Å². The fraction of sp³-hybridized carbons (Fsp3) is 0.278. The smallest absolute Gasteiger partial charge is 0.387 e. The highest BCUT2D eigenvalue weighted by atomic mass is 127. The lowest BCUT2D eigenvalue weighted by molar-refractivity contribution is -0.0504. The number of rotatable bonds is 8. The van der Waals surface area contributed by atoms with Crippen LogP contribution in [0.2, 0.25) is 0 Å². The Hall–Kier alpha value is -1.99. The van der Waals surface area contributed by atoms with Gasteiger partial charge in [-0.2, -0.15) is 8.78 Å². The minimum atomic E-state index is -3.52. The highest BCUT2D eigenvalue weighted by Gasteiger charge is 2.12. The number of aliphatic imine (C=N–C) groups is 1. The van der Waals surface area contributed by atoms with Crippen molar-refractivity contribution in [1.82, 2.24) is 15.4 Å². The molecule has 29 heavy (non-hydrogen) atoms. The van der Waals surface area contributed by atoms with E-state index < -0.39 is 16.6 Å². The molecule has 160 valence electrons. The minimum absolute atomic E-state index is 0. The van der Waals surface area contributed by atoms with Crippen LogP contribution in [-0.4, -0.2) is 35.1 Å². The molecule has 0 amide bonds. The van der Waals surface area contributed by atoms with Gasteiger partial charge < -0.3 is 15.4 Å². The zero-order valence-corrected chi connectivity index (χ0v) is 19.0. The van der Waals surface area contributed by atoms with E-state index in [2.05, 4.69) is 25.1 Å². The second kappa shape index (κ2) is 11.9. The summed E-state index contributed by atoms with van der Waals surface area (Å²) < 4.78 is 55.5. The summed E-state index contributed by atoms with van der Waals surface area (Å²) in [5, 5.41) is 6.06. The normalized spacial score (nSPS) is 11.7. The van der Waals surface area contributed by atoms with E-state index in [0.29, 0.717) is 18.1 Å². The number of benzene rings is 2. The predicted molar refractivity (Wildman–Crippen MR) is 118 cm³/mol. The molecule has 3 N–H and O–H groups in total. The summed E-state index contributed by atoms with van der Waals surface area (Å²) in [5.41, 5.74) is 1.29. The van der Waals surface area contributed by atoms with E-state index in [9.17, 15) is 17.2 Å². The molecule has 0 radical (unpaired) electrons. The molecule has 0 unspecified atom stereocenters. The van der Waals surface area contributed by atoms with Crippen molar-refractivity contribution in [3.63, 3.8) is 0 Å².